The van der Waals surface area contributed by atoms with E-state index in [-0.39, 0.29) is 11.9 Å². The van der Waals surface area contributed by atoms with Gasteiger partial charge in [-0.3, -0.25) is 14.7 Å². The maximum Gasteiger partial charge on any atom is 0.217 e. The molecule has 1 unspecified atom stereocenters. The molecule has 1 aromatic carbocycles. The maximum absolute atomic E-state index is 11.2. The Morgan fingerprint density at radius 2 is 1.94 bits per heavy atom. The number of benzene rings is 1. The summed E-state index contributed by atoms with van der Waals surface area (Å²) in [5.41, 5.74) is 1.47. The second-order valence-corrected chi connectivity index (χ2v) is 9.19. The number of likely N-dealkylation sites (tertiary alicyclic amines) is 2. The molecule has 3 heterocycles. The van der Waals surface area contributed by atoms with Crippen molar-refractivity contribution in [3.8, 4) is 5.75 Å². The Morgan fingerprint density at radius 1 is 1.16 bits per heavy atom. The number of carbonyl (C=O) groups excluding carboxylic acids is 1. The van der Waals surface area contributed by atoms with Crippen LogP contribution in [0.1, 0.15) is 37.4 Å². The number of hydrogen-bond donors (Lipinski definition) is 2. The van der Waals surface area contributed by atoms with Crippen molar-refractivity contribution >= 4 is 5.91 Å². The molecule has 2 aromatic rings. The Hall–Kier alpha value is -2.48. The van der Waals surface area contributed by atoms with Crippen molar-refractivity contribution in [1.82, 2.24) is 20.1 Å². The average molecular weight is 439 g/mol. The van der Waals surface area contributed by atoms with Gasteiger partial charge in [-0.05, 0) is 49.1 Å². The summed E-state index contributed by atoms with van der Waals surface area (Å²) < 4.78 is 5.82. The van der Waals surface area contributed by atoms with Gasteiger partial charge in [0.15, 0.2) is 0 Å². The quantitative estimate of drug-likeness (QED) is 0.658. The Kier molecular flexibility index (Phi) is 7.40. The minimum atomic E-state index is -0.660. The first-order chi connectivity index (χ1) is 15.5. The van der Waals surface area contributed by atoms with Crippen LogP contribution in [0.3, 0.4) is 0 Å². The number of hydrogen-bond acceptors (Lipinski definition) is 6. The van der Waals surface area contributed by atoms with Crippen molar-refractivity contribution in [2.24, 2.45) is 0 Å². The van der Waals surface area contributed by atoms with E-state index in [2.05, 4.69) is 32.2 Å². The van der Waals surface area contributed by atoms with Crippen LogP contribution in [0.4, 0.5) is 0 Å². The highest BCUT2D eigenvalue weighted by atomic mass is 16.5. The Morgan fingerprint density at radius 3 is 2.62 bits per heavy atom. The number of amides is 1. The summed E-state index contributed by atoms with van der Waals surface area (Å²) in [6.45, 7) is 7.00. The van der Waals surface area contributed by atoms with Gasteiger partial charge in [-0.1, -0.05) is 18.2 Å². The van der Waals surface area contributed by atoms with Crippen LogP contribution in [0.2, 0.25) is 0 Å². The molecular weight excluding hydrogens is 404 g/mol. The lowest BCUT2D eigenvalue weighted by molar-refractivity contribution is -0.120. The molecule has 7 nitrogen and oxygen atoms in total. The molecular formula is C25H34N4O3. The van der Waals surface area contributed by atoms with Crippen LogP contribution in [0.5, 0.6) is 5.75 Å². The number of aromatic nitrogens is 1. The van der Waals surface area contributed by atoms with Gasteiger partial charge in [-0.15, -0.1) is 0 Å². The largest absolute Gasteiger partial charge is 0.487 e. The summed E-state index contributed by atoms with van der Waals surface area (Å²) in [5, 5.41) is 14.2. The smallest absolute Gasteiger partial charge is 0.217 e. The third-order valence-electron chi connectivity index (χ3n) is 6.37. The zero-order valence-corrected chi connectivity index (χ0v) is 18.9. The standard InChI is InChI=1S/C25H34N4O3/c1-20(30)27-22-9-13-28(14-10-22)18-25(31)11-15-29(19-25)16-21-5-7-24(8-6-21)32-17-23-4-2-3-12-26-23/h2-8,12,22,31H,9-11,13-19H2,1H3,(H,27,30). The van der Waals surface area contributed by atoms with Gasteiger partial charge in [0.25, 0.3) is 0 Å². The van der Waals surface area contributed by atoms with Gasteiger partial charge in [0.1, 0.15) is 12.4 Å². The topological polar surface area (TPSA) is 77.9 Å². The van der Waals surface area contributed by atoms with Crippen molar-refractivity contribution in [2.45, 2.75) is 51.0 Å². The number of rotatable bonds is 8. The average Bonchev–Trinajstić information content (AvgIpc) is 3.15. The first kappa shape index (κ1) is 22.7. The highest BCUT2D eigenvalue weighted by molar-refractivity contribution is 5.73. The van der Waals surface area contributed by atoms with Gasteiger partial charge >= 0.3 is 0 Å². The van der Waals surface area contributed by atoms with Crippen LogP contribution in [0, 0.1) is 0 Å². The number of aliphatic hydroxyl groups is 1. The molecule has 1 amide bonds. The lowest BCUT2D eigenvalue weighted by Gasteiger charge is -2.36. The fourth-order valence-corrected chi connectivity index (χ4v) is 4.73. The van der Waals surface area contributed by atoms with E-state index in [1.165, 1.54) is 5.56 Å². The van der Waals surface area contributed by atoms with Gasteiger partial charge in [-0.2, -0.15) is 0 Å². The van der Waals surface area contributed by atoms with E-state index >= 15 is 0 Å². The van der Waals surface area contributed by atoms with E-state index in [4.69, 9.17) is 4.74 Å². The summed E-state index contributed by atoms with van der Waals surface area (Å²) in [6.07, 6.45) is 4.47. The molecule has 2 aliphatic rings. The van der Waals surface area contributed by atoms with E-state index in [0.29, 0.717) is 19.7 Å². The molecule has 7 heteroatoms. The van der Waals surface area contributed by atoms with Gasteiger partial charge in [0.05, 0.1) is 11.3 Å². The summed E-state index contributed by atoms with van der Waals surface area (Å²) in [7, 11) is 0. The molecule has 2 saturated heterocycles. The molecule has 2 N–H and O–H groups in total. The van der Waals surface area contributed by atoms with Gasteiger partial charge in [-0.25, -0.2) is 0 Å². The predicted molar refractivity (Wildman–Crippen MR) is 123 cm³/mol. The molecule has 1 aromatic heterocycles. The summed E-state index contributed by atoms with van der Waals surface area (Å²) in [5.74, 6) is 0.876. The molecule has 2 aliphatic heterocycles. The number of β-amino-alcohol motifs (C(OH)–C–C–N with tert-alkyl or cyclic N) is 1. The number of nitrogens with zero attached hydrogens (tertiary/aromatic N) is 3. The monoisotopic (exact) mass is 438 g/mol. The third kappa shape index (κ3) is 6.51. The van der Waals surface area contributed by atoms with E-state index in [1.807, 2.05) is 30.3 Å². The molecule has 1 atom stereocenters. The zero-order valence-electron chi connectivity index (χ0n) is 18.9. The van der Waals surface area contributed by atoms with E-state index < -0.39 is 5.60 Å². The number of carbonyl (C=O) groups is 1. The third-order valence-corrected chi connectivity index (χ3v) is 6.37. The van der Waals surface area contributed by atoms with Crippen molar-refractivity contribution in [3.63, 3.8) is 0 Å². The second-order valence-electron chi connectivity index (χ2n) is 9.19. The molecule has 32 heavy (non-hydrogen) atoms. The summed E-state index contributed by atoms with van der Waals surface area (Å²) in [4.78, 5) is 20.2. The number of ether oxygens (including phenoxy) is 1. The molecule has 0 radical (unpaired) electrons. The maximum atomic E-state index is 11.2. The lowest BCUT2D eigenvalue weighted by atomic mass is 9.99. The SMILES string of the molecule is CC(=O)NC1CCN(CC2(O)CCN(Cc3ccc(OCc4ccccn4)cc3)C2)CC1. The van der Waals surface area contributed by atoms with Crippen LogP contribution in [0.15, 0.2) is 48.7 Å². The Labute approximate surface area is 190 Å². The van der Waals surface area contributed by atoms with Crippen molar-refractivity contribution in [3.05, 3.63) is 59.9 Å². The van der Waals surface area contributed by atoms with Crippen molar-refractivity contribution in [2.75, 3.05) is 32.7 Å². The van der Waals surface area contributed by atoms with Crippen LogP contribution in [-0.4, -0.2) is 70.2 Å². The predicted octanol–water partition coefficient (Wildman–Crippen LogP) is 2.20. The first-order valence-corrected chi connectivity index (χ1v) is 11.5. The number of piperidine rings is 1. The Bertz CT molecular complexity index is 869. The molecule has 172 valence electrons. The minimum Gasteiger partial charge on any atom is -0.487 e. The molecule has 0 spiro atoms. The molecule has 0 saturated carbocycles. The Balaban J connectivity index is 1.21. The van der Waals surface area contributed by atoms with E-state index in [9.17, 15) is 9.90 Å². The minimum absolute atomic E-state index is 0.0429. The highest BCUT2D eigenvalue weighted by Crippen LogP contribution is 2.26. The molecule has 0 aliphatic carbocycles. The number of nitrogens with one attached hydrogen (secondary N) is 1. The van der Waals surface area contributed by atoms with Crippen LogP contribution in [0.25, 0.3) is 0 Å². The van der Waals surface area contributed by atoms with E-state index in [1.54, 1.807) is 13.1 Å². The van der Waals surface area contributed by atoms with Crippen molar-refractivity contribution in [1.29, 1.82) is 0 Å². The fourth-order valence-electron chi connectivity index (χ4n) is 4.73. The van der Waals surface area contributed by atoms with Crippen LogP contribution in [-0.2, 0) is 17.9 Å². The number of pyridine rings is 1. The lowest BCUT2D eigenvalue weighted by Crippen LogP contribution is -2.50. The summed E-state index contributed by atoms with van der Waals surface area (Å²) >= 11 is 0. The second kappa shape index (κ2) is 10.4. The van der Waals surface area contributed by atoms with Crippen LogP contribution >= 0.6 is 0 Å². The van der Waals surface area contributed by atoms with Gasteiger partial charge in [0, 0.05) is 58.4 Å². The highest BCUT2D eigenvalue weighted by Gasteiger charge is 2.38. The first-order valence-electron chi connectivity index (χ1n) is 11.5. The molecule has 2 fully saturated rings. The van der Waals surface area contributed by atoms with E-state index in [0.717, 1.165) is 56.9 Å². The van der Waals surface area contributed by atoms with Crippen LogP contribution < -0.4 is 10.1 Å². The fraction of sp³-hybridized carbons (Fsp3) is 0.520. The van der Waals surface area contributed by atoms with Gasteiger partial charge < -0.3 is 20.1 Å². The van der Waals surface area contributed by atoms with Crippen molar-refractivity contribution < 1.29 is 14.6 Å². The normalized spacial score (nSPS) is 22.7. The zero-order chi connectivity index (χ0) is 22.4. The van der Waals surface area contributed by atoms with Gasteiger partial charge in [0.2, 0.25) is 5.91 Å². The molecule has 0 bridgehead atoms. The molecule has 4 rings (SSSR count). The summed E-state index contributed by atoms with van der Waals surface area (Å²) in [6, 6.07) is 14.3.